The number of rotatable bonds is 2. The second kappa shape index (κ2) is 9.57. The zero-order valence-electron chi connectivity index (χ0n) is 19.1. The third-order valence-corrected chi connectivity index (χ3v) is 5.98. The molecule has 35 heavy (non-hydrogen) atoms. The molecule has 1 heterocycles. The number of aromatic nitrogens is 1. The second-order valence-corrected chi connectivity index (χ2v) is 8.32. The average Bonchev–Trinajstić information content (AvgIpc) is 2.91. The van der Waals surface area contributed by atoms with Gasteiger partial charge in [0, 0.05) is 23.6 Å². The largest absolute Gasteiger partial charge is 0.399 e. The molecule has 0 atom stereocenters. The molecule has 168 valence electrons. The summed E-state index contributed by atoms with van der Waals surface area (Å²) in [4.78, 5) is 4.05. The Hall–Kier alpha value is -4.83. The summed E-state index contributed by atoms with van der Waals surface area (Å²) < 4.78 is 0. The van der Waals surface area contributed by atoms with E-state index in [2.05, 4.69) is 47.4 Å². The number of hydrogen-bond acceptors (Lipinski definition) is 4. The first-order valence-corrected chi connectivity index (χ1v) is 11.3. The van der Waals surface area contributed by atoms with Crippen molar-refractivity contribution in [3.05, 3.63) is 127 Å². The van der Waals surface area contributed by atoms with Crippen LogP contribution >= 0.6 is 0 Å². The Balaban J connectivity index is 0.000000166. The van der Waals surface area contributed by atoms with Crippen molar-refractivity contribution >= 4 is 44.2 Å². The number of benzene rings is 4. The first kappa shape index (κ1) is 22.0. The Bertz CT molecular complexity index is 1630. The third-order valence-electron chi connectivity index (χ3n) is 5.98. The zero-order chi connectivity index (χ0) is 24.2. The zero-order valence-corrected chi connectivity index (χ0v) is 19.1. The molecule has 0 saturated heterocycles. The molecule has 0 bridgehead atoms. The van der Waals surface area contributed by atoms with E-state index in [1.54, 1.807) is 18.3 Å². The fourth-order valence-electron chi connectivity index (χ4n) is 4.26. The Morgan fingerprint density at radius 2 is 1.37 bits per heavy atom. The van der Waals surface area contributed by atoms with Crippen molar-refractivity contribution in [1.82, 2.24) is 4.98 Å². The number of nitrogens with one attached hydrogen (secondary N) is 2. The van der Waals surface area contributed by atoms with Crippen molar-refractivity contribution in [2.45, 2.75) is 0 Å². The first-order valence-electron chi connectivity index (χ1n) is 11.3. The lowest BCUT2D eigenvalue weighted by molar-refractivity contribution is 1.33. The highest BCUT2D eigenvalue weighted by molar-refractivity contribution is 6.50. The molecule has 1 aliphatic carbocycles. The number of allylic oxidation sites excluding steroid dienone is 4. The third kappa shape index (κ3) is 4.63. The molecule has 0 spiro atoms. The van der Waals surface area contributed by atoms with Crippen LogP contribution in [0.1, 0.15) is 5.56 Å². The van der Waals surface area contributed by atoms with E-state index in [1.165, 1.54) is 21.5 Å². The first-order chi connectivity index (χ1) is 17.1. The maximum Gasteiger partial charge on any atom is 0.0795 e. The van der Waals surface area contributed by atoms with Crippen LogP contribution in [-0.4, -0.2) is 16.4 Å². The lowest BCUT2D eigenvalue weighted by Crippen LogP contribution is -2.09. The normalized spacial score (nSPS) is 12.9. The van der Waals surface area contributed by atoms with E-state index in [0.717, 1.165) is 28.0 Å². The Labute approximate surface area is 204 Å². The standard InChI is InChI=1S/C20H14N2.C11H10N2/c21-19-10-9-14(12-20(19)22)18-11-13-5-1-2-6-15(13)16-7-3-4-8-17(16)18;12-11-5-1-3-9(7-11)10-4-2-6-13-8-10/h1-12,21-22H;1-8H,12H2. The summed E-state index contributed by atoms with van der Waals surface area (Å²) in [6, 6.07) is 30.6. The van der Waals surface area contributed by atoms with Gasteiger partial charge in [-0.3, -0.25) is 15.8 Å². The number of nitrogen functional groups attached to an aromatic ring is 1. The minimum absolute atomic E-state index is 0.258. The monoisotopic (exact) mass is 452 g/mol. The van der Waals surface area contributed by atoms with Gasteiger partial charge in [0.1, 0.15) is 0 Å². The van der Waals surface area contributed by atoms with Crippen LogP contribution in [-0.2, 0) is 0 Å². The molecule has 1 aliphatic rings. The molecular weight excluding hydrogens is 428 g/mol. The van der Waals surface area contributed by atoms with Crippen molar-refractivity contribution in [3.8, 4) is 11.1 Å². The molecule has 4 aromatic carbocycles. The van der Waals surface area contributed by atoms with Gasteiger partial charge in [0.25, 0.3) is 0 Å². The fraction of sp³-hybridized carbons (Fsp3) is 0. The number of nitrogens with two attached hydrogens (primary N) is 1. The van der Waals surface area contributed by atoms with Gasteiger partial charge in [0.05, 0.1) is 11.4 Å². The summed E-state index contributed by atoms with van der Waals surface area (Å²) in [6.45, 7) is 0. The molecular formula is C31H24N4. The van der Waals surface area contributed by atoms with Gasteiger partial charge in [-0.25, -0.2) is 0 Å². The molecule has 4 nitrogen and oxygen atoms in total. The molecule has 6 rings (SSSR count). The van der Waals surface area contributed by atoms with E-state index in [9.17, 15) is 0 Å². The smallest absolute Gasteiger partial charge is 0.0795 e. The maximum absolute atomic E-state index is 7.89. The molecule has 0 unspecified atom stereocenters. The van der Waals surface area contributed by atoms with E-state index in [0.29, 0.717) is 0 Å². The lowest BCUT2D eigenvalue weighted by Gasteiger charge is -2.14. The fourth-order valence-corrected chi connectivity index (χ4v) is 4.26. The van der Waals surface area contributed by atoms with Gasteiger partial charge in [-0.05, 0) is 74.7 Å². The Morgan fingerprint density at radius 3 is 2.11 bits per heavy atom. The summed E-state index contributed by atoms with van der Waals surface area (Å²) in [5.41, 5.74) is 11.3. The molecule has 4 N–H and O–H groups in total. The number of hydrogen-bond donors (Lipinski definition) is 3. The van der Waals surface area contributed by atoms with Gasteiger partial charge in [-0.1, -0.05) is 72.8 Å². The van der Waals surface area contributed by atoms with Crippen LogP contribution in [0, 0.1) is 10.8 Å². The number of fused-ring (bicyclic) bond motifs is 3. The summed E-state index contributed by atoms with van der Waals surface area (Å²) in [6.07, 6.45) is 8.99. The number of anilines is 1. The van der Waals surface area contributed by atoms with Crippen molar-refractivity contribution in [3.63, 3.8) is 0 Å². The lowest BCUT2D eigenvalue weighted by atomic mass is 9.90. The van der Waals surface area contributed by atoms with Crippen LogP contribution in [0.5, 0.6) is 0 Å². The van der Waals surface area contributed by atoms with Crippen LogP contribution < -0.4 is 5.73 Å². The number of nitrogens with zero attached hydrogens (tertiary/aromatic N) is 1. The molecule has 0 aliphatic heterocycles. The van der Waals surface area contributed by atoms with E-state index in [4.69, 9.17) is 16.6 Å². The van der Waals surface area contributed by atoms with Crippen LogP contribution in [0.15, 0.2) is 122 Å². The SMILES string of the molecule is N=C1C=CC(c2cc3ccccc3c3ccccc23)=CC1=N.Nc1cccc(-c2cccnc2)c1. The maximum atomic E-state index is 7.89. The topological polar surface area (TPSA) is 86.6 Å². The van der Waals surface area contributed by atoms with Crippen LogP contribution in [0.4, 0.5) is 5.69 Å². The van der Waals surface area contributed by atoms with Crippen molar-refractivity contribution in [1.29, 1.82) is 10.8 Å². The average molecular weight is 453 g/mol. The van der Waals surface area contributed by atoms with Crippen LogP contribution in [0.3, 0.4) is 0 Å². The minimum Gasteiger partial charge on any atom is -0.399 e. The predicted octanol–water partition coefficient (Wildman–Crippen LogP) is 7.32. The van der Waals surface area contributed by atoms with E-state index < -0.39 is 0 Å². The van der Waals surface area contributed by atoms with Gasteiger partial charge in [0.2, 0.25) is 0 Å². The van der Waals surface area contributed by atoms with Gasteiger partial charge in [-0.2, -0.15) is 0 Å². The highest BCUT2D eigenvalue weighted by Crippen LogP contribution is 2.33. The molecule has 5 aromatic rings. The summed E-state index contributed by atoms with van der Waals surface area (Å²) >= 11 is 0. The van der Waals surface area contributed by atoms with Crippen molar-refractivity contribution in [2.75, 3.05) is 5.73 Å². The predicted molar refractivity (Wildman–Crippen MR) is 148 cm³/mol. The molecule has 4 heteroatoms. The number of pyridine rings is 1. The quantitative estimate of drug-likeness (QED) is 0.149. The van der Waals surface area contributed by atoms with E-state index in [-0.39, 0.29) is 11.4 Å². The highest BCUT2D eigenvalue weighted by Gasteiger charge is 2.12. The highest BCUT2D eigenvalue weighted by atomic mass is 14.6. The second-order valence-electron chi connectivity index (χ2n) is 8.32. The van der Waals surface area contributed by atoms with E-state index in [1.807, 2.05) is 60.8 Å². The van der Waals surface area contributed by atoms with Gasteiger partial charge >= 0.3 is 0 Å². The van der Waals surface area contributed by atoms with Crippen LogP contribution in [0.25, 0.3) is 38.2 Å². The molecule has 0 fully saturated rings. The summed E-state index contributed by atoms with van der Waals surface area (Å²) in [5, 5.41) is 20.4. The van der Waals surface area contributed by atoms with Gasteiger partial charge in [0.15, 0.2) is 0 Å². The van der Waals surface area contributed by atoms with Gasteiger partial charge in [-0.15, -0.1) is 0 Å². The Morgan fingerprint density at radius 1 is 0.629 bits per heavy atom. The van der Waals surface area contributed by atoms with Crippen LogP contribution in [0.2, 0.25) is 0 Å². The van der Waals surface area contributed by atoms with Crippen molar-refractivity contribution in [2.24, 2.45) is 0 Å². The molecule has 1 aromatic heterocycles. The minimum atomic E-state index is 0.258. The Kier molecular flexibility index (Phi) is 6.01. The summed E-state index contributed by atoms with van der Waals surface area (Å²) in [5.74, 6) is 0. The van der Waals surface area contributed by atoms with Gasteiger partial charge < -0.3 is 5.73 Å². The van der Waals surface area contributed by atoms with Crippen molar-refractivity contribution < 1.29 is 0 Å². The van der Waals surface area contributed by atoms with E-state index >= 15 is 0 Å². The molecule has 0 amide bonds. The molecule has 0 radical (unpaired) electrons. The molecule has 0 saturated carbocycles. The summed E-state index contributed by atoms with van der Waals surface area (Å²) in [7, 11) is 0.